The Balaban J connectivity index is 1.64. The zero-order valence-electron chi connectivity index (χ0n) is 13.6. The first kappa shape index (κ1) is 16.7. The summed E-state index contributed by atoms with van der Waals surface area (Å²) in [5, 5.41) is 13.3. The largest absolute Gasteiger partial charge is 0.424 e. The standard InChI is InChI=1S/C16H13ClN6O2S/c1-23-7-9(6-19-23)8-2-10(17)16-11(3-8)26-15(20-16)5-14-22-21-13(25-14)4-12(18)24/h2-3,6-7H,4-5H2,1H3,(H2,18,24). The molecule has 10 heteroatoms. The quantitative estimate of drug-likeness (QED) is 0.561. The Kier molecular flexibility index (Phi) is 4.17. The summed E-state index contributed by atoms with van der Waals surface area (Å²) in [7, 11) is 1.87. The summed E-state index contributed by atoms with van der Waals surface area (Å²) < 4.78 is 8.12. The number of fused-ring (bicyclic) bond motifs is 1. The van der Waals surface area contributed by atoms with Gasteiger partial charge in [0.25, 0.3) is 0 Å². The molecule has 0 aliphatic carbocycles. The molecule has 1 amide bonds. The van der Waals surface area contributed by atoms with Crippen LogP contribution >= 0.6 is 22.9 Å². The minimum Gasteiger partial charge on any atom is -0.424 e. The van der Waals surface area contributed by atoms with E-state index in [4.69, 9.17) is 21.8 Å². The monoisotopic (exact) mass is 388 g/mol. The van der Waals surface area contributed by atoms with Crippen LogP contribution in [0.1, 0.15) is 16.8 Å². The van der Waals surface area contributed by atoms with Crippen molar-refractivity contribution in [2.75, 3.05) is 0 Å². The molecule has 26 heavy (non-hydrogen) atoms. The summed E-state index contributed by atoms with van der Waals surface area (Å²) in [4.78, 5) is 15.5. The highest BCUT2D eigenvalue weighted by Crippen LogP contribution is 2.34. The van der Waals surface area contributed by atoms with Crippen molar-refractivity contribution in [3.63, 3.8) is 0 Å². The van der Waals surface area contributed by atoms with Crippen molar-refractivity contribution >= 4 is 39.1 Å². The molecular formula is C16H13ClN6O2S. The van der Waals surface area contributed by atoms with E-state index in [1.165, 1.54) is 11.3 Å². The van der Waals surface area contributed by atoms with Gasteiger partial charge in [0.1, 0.15) is 16.9 Å². The van der Waals surface area contributed by atoms with Crippen LogP contribution in [0.2, 0.25) is 5.02 Å². The van der Waals surface area contributed by atoms with Crippen LogP contribution in [0.4, 0.5) is 0 Å². The van der Waals surface area contributed by atoms with E-state index in [0.29, 0.717) is 17.3 Å². The molecule has 0 saturated heterocycles. The van der Waals surface area contributed by atoms with E-state index in [9.17, 15) is 4.79 Å². The minimum absolute atomic E-state index is 0.0762. The van der Waals surface area contributed by atoms with Crippen LogP contribution in [-0.2, 0) is 24.7 Å². The van der Waals surface area contributed by atoms with E-state index < -0.39 is 5.91 Å². The maximum Gasteiger partial charge on any atom is 0.226 e. The van der Waals surface area contributed by atoms with Crippen LogP contribution in [-0.4, -0.2) is 30.9 Å². The number of hydrogen-bond acceptors (Lipinski definition) is 7. The molecule has 2 N–H and O–H groups in total. The fourth-order valence-corrected chi connectivity index (χ4v) is 3.90. The molecular weight excluding hydrogens is 376 g/mol. The van der Waals surface area contributed by atoms with Gasteiger partial charge in [0.2, 0.25) is 17.7 Å². The molecule has 0 saturated carbocycles. The lowest BCUT2D eigenvalue weighted by Crippen LogP contribution is -2.13. The topological polar surface area (TPSA) is 113 Å². The van der Waals surface area contributed by atoms with Crippen molar-refractivity contribution in [1.82, 2.24) is 25.0 Å². The number of carbonyl (C=O) groups is 1. The van der Waals surface area contributed by atoms with Crippen molar-refractivity contribution in [2.24, 2.45) is 12.8 Å². The lowest BCUT2D eigenvalue weighted by Gasteiger charge is -1.99. The summed E-state index contributed by atoms with van der Waals surface area (Å²) in [5.41, 5.74) is 7.82. The summed E-state index contributed by atoms with van der Waals surface area (Å²) in [6.45, 7) is 0. The molecule has 0 bridgehead atoms. The molecule has 0 unspecified atom stereocenters. The van der Waals surface area contributed by atoms with Crippen LogP contribution in [0.3, 0.4) is 0 Å². The molecule has 132 valence electrons. The van der Waals surface area contributed by atoms with E-state index >= 15 is 0 Å². The summed E-state index contributed by atoms with van der Waals surface area (Å²) in [6, 6.07) is 3.91. The van der Waals surface area contributed by atoms with Gasteiger partial charge in [-0.3, -0.25) is 9.48 Å². The molecule has 1 aromatic carbocycles. The molecule has 0 spiro atoms. The van der Waals surface area contributed by atoms with Gasteiger partial charge in [-0.15, -0.1) is 21.5 Å². The second kappa shape index (κ2) is 6.50. The van der Waals surface area contributed by atoms with Gasteiger partial charge >= 0.3 is 0 Å². The zero-order chi connectivity index (χ0) is 18.3. The summed E-state index contributed by atoms with van der Waals surface area (Å²) in [5.74, 6) is 0.0596. The third-order valence-corrected chi connectivity index (χ3v) is 4.96. The predicted molar refractivity (Wildman–Crippen MR) is 96.8 cm³/mol. The normalized spacial score (nSPS) is 11.3. The van der Waals surface area contributed by atoms with Crippen molar-refractivity contribution in [1.29, 1.82) is 0 Å². The van der Waals surface area contributed by atoms with Gasteiger partial charge in [-0.25, -0.2) is 4.98 Å². The maximum atomic E-state index is 10.9. The molecule has 0 radical (unpaired) electrons. The average Bonchev–Trinajstić information content (AvgIpc) is 3.27. The summed E-state index contributed by atoms with van der Waals surface area (Å²) in [6.07, 6.45) is 4.01. The molecule has 0 aliphatic heterocycles. The van der Waals surface area contributed by atoms with Gasteiger partial charge in [0.05, 0.1) is 22.3 Å². The molecule has 0 fully saturated rings. The number of benzene rings is 1. The number of amides is 1. The number of nitrogens with zero attached hydrogens (tertiary/aromatic N) is 5. The number of carbonyl (C=O) groups excluding carboxylic acids is 1. The number of rotatable bonds is 5. The molecule has 3 heterocycles. The first-order valence-corrected chi connectivity index (χ1v) is 8.85. The Labute approximate surface area is 156 Å². The van der Waals surface area contributed by atoms with E-state index in [1.807, 2.05) is 25.4 Å². The predicted octanol–water partition coefficient (Wildman–Crippen LogP) is 2.35. The molecule has 4 aromatic rings. The van der Waals surface area contributed by atoms with Gasteiger partial charge in [-0.05, 0) is 17.7 Å². The highest BCUT2D eigenvalue weighted by atomic mass is 35.5. The Morgan fingerprint density at radius 3 is 2.85 bits per heavy atom. The fraction of sp³-hybridized carbons (Fsp3) is 0.188. The zero-order valence-corrected chi connectivity index (χ0v) is 15.2. The number of aromatic nitrogens is 5. The lowest BCUT2D eigenvalue weighted by atomic mass is 10.1. The van der Waals surface area contributed by atoms with E-state index in [1.54, 1.807) is 10.9 Å². The second-order valence-corrected chi connectivity index (χ2v) is 7.25. The van der Waals surface area contributed by atoms with Crippen molar-refractivity contribution in [2.45, 2.75) is 12.8 Å². The van der Waals surface area contributed by atoms with Crippen LogP contribution < -0.4 is 5.73 Å². The summed E-state index contributed by atoms with van der Waals surface area (Å²) >= 11 is 7.91. The van der Waals surface area contributed by atoms with Crippen LogP contribution in [0, 0.1) is 0 Å². The first-order chi connectivity index (χ1) is 12.5. The molecule has 4 rings (SSSR count). The van der Waals surface area contributed by atoms with Gasteiger partial charge < -0.3 is 10.2 Å². The number of nitrogens with two attached hydrogens (primary N) is 1. The van der Waals surface area contributed by atoms with E-state index in [0.717, 1.165) is 26.4 Å². The SMILES string of the molecule is Cn1cc(-c2cc(Cl)c3nc(Cc4nnc(CC(N)=O)o4)sc3c2)cn1. The first-order valence-electron chi connectivity index (χ1n) is 7.65. The lowest BCUT2D eigenvalue weighted by molar-refractivity contribution is -0.117. The Morgan fingerprint density at radius 2 is 2.12 bits per heavy atom. The molecule has 0 aliphatic rings. The Hall–Kier alpha value is -2.78. The number of primary amides is 1. The van der Waals surface area contributed by atoms with E-state index in [2.05, 4.69) is 20.3 Å². The highest BCUT2D eigenvalue weighted by Gasteiger charge is 2.15. The number of thiazole rings is 1. The maximum absolute atomic E-state index is 10.9. The second-order valence-electron chi connectivity index (χ2n) is 5.72. The van der Waals surface area contributed by atoms with Crippen LogP contribution in [0.25, 0.3) is 21.3 Å². The smallest absolute Gasteiger partial charge is 0.226 e. The van der Waals surface area contributed by atoms with Crippen LogP contribution in [0.15, 0.2) is 28.9 Å². The third kappa shape index (κ3) is 3.31. The molecule has 8 nitrogen and oxygen atoms in total. The molecule has 0 atom stereocenters. The van der Waals surface area contributed by atoms with Gasteiger partial charge in [-0.1, -0.05) is 11.6 Å². The third-order valence-electron chi connectivity index (χ3n) is 3.67. The number of hydrogen-bond donors (Lipinski definition) is 1. The number of halogens is 1. The van der Waals surface area contributed by atoms with Crippen molar-refractivity contribution in [3.8, 4) is 11.1 Å². The fourth-order valence-electron chi connectivity index (χ4n) is 2.56. The van der Waals surface area contributed by atoms with Gasteiger partial charge in [0.15, 0.2) is 0 Å². The minimum atomic E-state index is -0.519. The Bertz CT molecular complexity index is 1120. The van der Waals surface area contributed by atoms with Gasteiger partial charge in [0, 0.05) is 18.8 Å². The van der Waals surface area contributed by atoms with Crippen LogP contribution in [0.5, 0.6) is 0 Å². The number of aryl methyl sites for hydroxylation is 1. The van der Waals surface area contributed by atoms with Crippen molar-refractivity contribution < 1.29 is 9.21 Å². The highest BCUT2D eigenvalue weighted by molar-refractivity contribution is 7.18. The molecule has 3 aromatic heterocycles. The van der Waals surface area contributed by atoms with Crippen molar-refractivity contribution in [3.05, 3.63) is 46.3 Å². The van der Waals surface area contributed by atoms with Gasteiger partial charge in [-0.2, -0.15) is 5.10 Å². The van der Waals surface area contributed by atoms with E-state index in [-0.39, 0.29) is 12.3 Å². The Morgan fingerprint density at radius 1 is 1.31 bits per heavy atom. The average molecular weight is 389 g/mol.